The maximum atomic E-state index is 12.2. The number of carbonyl (C=O) groups is 1. The number of fused-ring (bicyclic) bond motifs is 1. The summed E-state index contributed by atoms with van der Waals surface area (Å²) in [6.45, 7) is 2.51. The van der Waals surface area contributed by atoms with Gasteiger partial charge in [0, 0.05) is 13.1 Å². The Morgan fingerprint density at radius 3 is 2.64 bits per heavy atom. The van der Waals surface area contributed by atoms with Crippen molar-refractivity contribution in [2.75, 3.05) is 23.4 Å². The lowest BCUT2D eigenvalue weighted by molar-refractivity contribution is -0.119. The van der Waals surface area contributed by atoms with Crippen LogP contribution in [0.15, 0.2) is 48.5 Å². The summed E-state index contributed by atoms with van der Waals surface area (Å²) < 4.78 is 29.4. The van der Waals surface area contributed by atoms with E-state index in [2.05, 4.69) is 10.2 Å². The molecule has 6 heteroatoms. The van der Waals surface area contributed by atoms with Crippen LogP contribution in [0.4, 0.5) is 20.2 Å². The van der Waals surface area contributed by atoms with Crippen LogP contribution < -0.4 is 15.0 Å². The fraction of sp³-hybridized carbons (Fsp3) is 0.316. The van der Waals surface area contributed by atoms with Gasteiger partial charge in [-0.1, -0.05) is 31.2 Å². The predicted octanol–water partition coefficient (Wildman–Crippen LogP) is 3.93. The lowest BCUT2D eigenvalue weighted by Crippen LogP contribution is -2.30. The third-order valence-electron chi connectivity index (χ3n) is 4.12. The number of hydrogen-bond acceptors (Lipinski definition) is 3. The molecule has 0 fully saturated rings. The van der Waals surface area contributed by atoms with Crippen molar-refractivity contribution in [2.24, 2.45) is 5.92 Å². The van der Waals surface area contributed by atoms with E-state index in [1.165, 1.54) is 0 Å². The number of hydrogen-bond donors (Lipinski definition) is 1. The first-order valence-electron chi connectivity index (χ1n) is 8.17. The number of alkyl halides is 2. The summed E-state index contributed by atoms with van der Waals surface area (Å²) in [6, 6.07) is 14.8. The molecule has 1 unspecified atom stereocenters. The van der Waals surface area contributed by atoms with Crippen molar-refractivity contribution in [1.29, 1.82) is 0 Å². The number of benzene rings is 2. The molecule has 0 spiro atoms. The van der Waals surface area contributed by atoms with Crippen molar-refractivity contribution in [2.45, 2.75) is 19.9 Å². The fourth-order valence-corrected chi connectivity index (χ4v) is 2.84. The molecular formula is C19H20F2N2O2. The standard InChI is InChI=1S/C19H20F2N2O2/c1-13-10-23(17-5-3-2-4-16(17)22-19(13)24)11-14-6-8-15(9-7-14)25-12-18(20)21/h2-9,13,18H,10-12H2,1H3,(H,22,24). The Hall–Kier alpha value is -2.63. The topological polar surface area (TPSA) is 41.6 Å². The van der Waals surface area contributed by atoms with Gasteiger partial charge in [0.05, 0.1) is 17.3 Å². The van der Waals surface area contributed by atoms with E-state index in [9.17, 15) is 13.6 Å². The molecule has 0 bridgehead atoms. The second kappa shape index (κ2) is 7.51. The summed E-state index contributed by atoms with van der Waals surface area (Å²) in [7, 11) is 0. The van der Waals surface area contributed by atoms with Crippen molar-refractivity contribution in [1.82, 2.24) is 0 Å². The zero-order valence-electron chi connectivity index (χ0n) is 13.9. The van der Waals surface area contributed by atoms with Crippen LogP contribution in [0.5, 0.6) is 5.75 Å². The minimum atomic E-state index is -2.49. The summed E-state index contributed by atoms with van der Waals surface area (Å²) in [6.07, 6.45) is -2.49. The number of halogens is 2. The lowest BCUT2D eigenvalue weighted by atomic mass is 10.1. The van der Waals surface area contributed by atoms with Gasteiger partial charge in [-0.25, -0.2) is 8.78 Å². The molecule has 2 aromatic carbocycles. The Balaban J connectivity index is 1.76. The molecule has 132 valence electrons. The lowest BCUT2D eigenvalue weighted by Gasteiger charge is -2.25. The molecule has 1 aliphatic rings. The van der Waals surface area contributed by atoms with Crippen molar-refractivity contribution in [3.05, 3.63) is 54.1 Å². The van der Waals surface area contributed by atoms with E-state index in [1.54, 1.807) is 12.1 Å². The van der Waals surface area contributed by atoms with E-state index in [0.29, 0.717) is 18.8 Å². The molecular weight excluding hydrogens is 326 g/mol. The number of amides is 1. The Labute approximate surface area is 145 Å². The molecule has 3 rings (SSSR count). The van der Waals surface area contributed by atoms with E-state index in [-0.39, 0.29) is 11.8 Å². The van der Waals surface area contributed by atoms with Crippen molar-refractivity contribution < 1.29 is 18.3 Å². The van der Waals surface area contributed by atoms with Gasteiger partial charge in [-0.15, -0.1) is 0 Å². The predicted molar refractivity (Wildman–Crippen MR) is 93.2 cm³/mol. The van der Waals surface area contributed by atoms with E-state index in [0.717, 1.165) is 16.9 Å². The average molecular weight is 346 g/mol. The van der Waals surface area contributed by atoms with Crippen molar-refractivity contribution >= 4 is 17.3 Å². The molecule has 4 nitrogen and oxygen atoms in total. The zero-order chi connectivity index (χ0) is 17.8. The first kappa shape index (κ1) is 17.2. The number of carbonyl (C=O) groups excluding carboxylic acids is 1. The van der Waals surface area contributed by atoms with Crippen molar-refractivity contribution in [3.63, 3.8) is 0 Å². The smallest absolute Gasteiger partial charge is 0.272 e. The maximum absolute atomic E-state index is 12.2. The second-order valence-electron chi connectivity index (χ2n) is 6.13. The molecule has 2 aromatic rings. The minimum absolute atomic E-state index is 0.00527. The number of ether oxygens (including phenoxy) is 1. The van der Waals surface area contributed by atoms with Crippen LogP contribution in [0.3, 0.4) is 0 Å². The monoisotopic (exact) mass is 346 g/mol. The molecule has 0 aliphatic carbocycles. The molecule has 25 heavy (non-hydrogen) atoms. The van der Waals surface area contributed by atoms with Gasteiger partial charge in [0.1, 0.15) is 12.4 Å². The van der Waals surface area contributed by atoms with Gasteiger partial charge < -0.3 is 15.0 Å². The third kappa shape index (κ3) is 4.26. The van der Waals surface area contributed by atoms with Gasteiger partial charge in [-0.05, 0) is 29.8 Å². The number of para-hydroxylation sites is 2. The van der Waals surface area contributed by atoms with Gasteiger partial charge in [0.2, 0.25) is 5.91 Å². The molecule has 1 N–H and O–H groups in total. The van der Waals surface area contributed by atoms with E-state index < -0.39 is 13.0 Å². The van der Waals surface area contributed by atoms with Crippen LogP contribution in [0, 0.1) is 5.92 Å². The molecule has 1 atom stereocenters. The van der Waals surface area contributed by atoms with E-state index >= 15 is 0 Å². The van der Waals surface area contributed by atoms with Gasteiger partial charge in [0.25, 0.3) is 6.43 Å². The summed E-state index contributed by atoms with van der Waals surface area (Å²) in [5.41, 5.74) is 2.78. The number of nitrogens with zero attached hydrogens (tertiary/aromatic N) is 1. The quantitative estimate of drug-likeness (QED) is 0.892. The van der Waals surface area contributed by atoms with Crippen molar-refractivity contribution in [3.8, 4) is 5.75 Å². The van der Waals surface area contributed by atoms with Crippen LogP contribution in [0.25, 0.3) is 0 Å². The first-order valence-corrected chi connectivity index (χ1v) is 8.17. The second-order valence-corrected chi connectivity index (χ2v) is 6.13. The average Bonchev–Trinajstić information content (AvgIpc) is 2.71. The third-order valence-corrected chi connectivity index (χ3v) is 4.12. The molecule has 0 saturated carbocycles. The highest BCUT2D eigenvalue weighted by atomic mass is 19.3. The van der Waals surface area contributed by atoms with Gasteiger partial charge >= 0.3 is 0 Å². The SMILES string of the molecule is CC1CN(Cc2ccc(OCC(F)F)cc2)c2ccccc2NC1=O. The highest BCUT2D eigenvalue weighted by molar-refractivity contribution is 5.97. The minimum Gasteiger partial charge on any atom is -0.488 e. The fourth-order valence-electron chi connectivity index (χ4n) is 2.84. The Kier molecular flexibility index (Phi) is 5.16. The van der Waals surface area contributed by atoms with Crippen LogP contribution in [0.1, 0.15) is 12.5 Å². The Bertz CT molecular complexity index is 734. The summed E-state index contributed by atoms with van der Waals surface area (Å²) in [4.78, 5) is 14.3. The summed E-state index contributed by atoms with van der Waals surface area (Å²) in [5, 5.41) is 2.95. The van der Waals surface area contributed by atoms with Crippen LogP contribution >= 0.6 is 0 Å². The summed E-state index contributed by atoms with van der Waals surface area (Å²) >= 11 is 0. The Morgan fingerprint density at radius 2 is 1.92 bits per heavy atom. The van der Waals surface area contributed by atoms with Crippen LogP contribution in [-0.4, -0.2) is 25.5 Å². The van der Waals surface area contributed by atoms with Gasteiger partial charge in [-0.3, -0.25) is 4.79 Å². The first-order chi connectivity index (χ1) is 12.0. The normalized spacial score (nSPS) is 17.0. The highest BCUT2D eigenvalue weighted by Crippen LogP contribution is 2.31. The van der Waals surface area contributed by atoms with Crippen LogP contribution in [-0.2, 0) is 11.3 Å². The number of rotatable bonds is 5. The largest absolute Gasteiger partial charge is 0.488 e. The molecule has 0 saturated heterocycles. The molecule has 0 radical (unpaired) electrons. The molecule has 0 aromatic heterocycles. The van der Waals surface area contributed by atoms with Gasteiger partial charge in [-0.2, -0.15) is 0 Å². The zero-order valence-corrected chi connectivity index (χ0v) is 13.9. The maximum Gasteiger partial charge on any atom is 0.272 e. The molecule has 1 aliphatic heterocycles. The van der Waals surface area contributed by atoms with Crippen LogP contribution in [0.2, 0.25) is 0 Å². The highest BCUT2D eigenvalue weighted by Gasteiger charge is 2.24. The molecule has 1 heterocycles. The number of anilines is 2. The molecule has 1 amide bonds. The number of nitrogens with one attached hydrogen (secondary N) is 1. The Morgan fingerprint density at radius 1 is 1.20 bits per heavy atom. The van der Waals surface area contributed by atoms with Gasteiger partial charge in [0.15, 0.2) is 0 Å². The van der Waals surface area contributed by atoms with E-state index in [4.69, 9.17) is 4.74 Å². The summed E-state index contributed by atoms with van der Waals surface area (Å²) in [5.74, 6) is 0.289. The van der Waals surface area contributed by atoms with E-state index in [1.807, 2.05) is 43.3 Å².